The highest BCUT2D eigenvalue weighted by molar-refractivity contribution is 7.88. The Kier molecular flexibility index (Phi) is 7.25. The van der Waals surface area contributed by atoms with Crippen LogP contribution in [0.15, 0.2) is 24.3 Å². The molecule has 1 fully saturated rings. The Hall–Kier alpha value is -1.64. The molecular formula is C18H26ClN3O4S. The summed E-state index contributed by atoms with van der Waals surface area (Å²) in [6.45, 7) is 4.46. The molecule has 1 aromatic rings. The van der Waals surface area contributed by atoms with Crippen molar-refractivity contribution >= 4 is 33.4 Å². The van der Waals surface area contributed by atoms with Gasteiger partial charge in [0.15, 0.2) is 0 Å². The van der Waals surface area contributed by atoms with Crippen LogP contribution >= 0.6 is 11.6 Å². The predicted octanol–water partition coefficient (Wildman–Crippen LogP) is 1.63. The summed E-state index contributed by atoms with van der Waals surface area (Å²) < 4.78 is 24.6. The van der Waals surface area contributed by atoms with Gasteiger partial charge in [-0.2, -0.15) is 0 Å². The molecule has 0 saturated carbocycles. The molecule has 9 heteroatoms. The molecule has 1 aliphatic rings. The highest BCUT2D eigenvalue weighted by Crippen LogP contribution is 2.17. The number of amides is 2. The summed E-state index contributed by atoms with van der Waals surface area (Å²) >= 11 is 6.05. The zero-order valence-corrected chi connectivity index (χ0v) is 17.3. The molecule has 1 atom stereocenters. The number of piperidine rings is 1. The second-order valence-corrected chi connectivity index (χ2v) is 9.51. The van der Waals surface area contributed by atoms with Gasteiger partial charge in [-0.3, -0.25) is 9.59 Å². The lowest BCUT2D eigenvalue weighted by Crippen LogP contribution is -2.54. The lowest BCUT2D eigenvalue weighted by molar-refractivity contribution is -0.124. The maximum Gasteiger partial charge on any atom is 0.253 e. The van der Waals surface area contributed by atoms with E-state index < -0.39 is 22.0 Å². The zero-order chi connectivity index (χ0) is 20.2. The number of carbonyl (C=O) groups is 2. The van der Waals surface area contributed by atoms with E-state index in [-0.39, 0.29) is 17.9 Å². The first-order valence-electron chi connectivity index (χ1n) is 8.90. The van der Waals surface area contributed by atoms with Gasteiger partial charge < -0.3 is 10.6 Å². The largest absolute Gasteiger partial charge is 0.351 e. The molecule has 150 valence electrons. The van der Waals surface area contributed by atoms with Gasteiger partial charge in [0.25, 0.3) is 5.91 Å². The molecule has 1 aliphatic heterocycles. The number of sulfonamides is 1. The van der Waals surface area contributed by atoms with Crippen molar-refractivity contribution in [1.82, 2.24) is 14.9 Å². The molecule has 0 spiro atoms. The Balaban J connectivity index is 1.98. The van der Waals surface area contributed by atoms with E-state index >= 15 is 0 Å². The van der Waals surface area contributed by atoms with Crippen molar-refractivity contribution in [3.05, 3.63) is 34.9 Å². The summed E-state index contributed by atoms with van der Waals surface area (Å²) in [5.74, 6) is -0.794. The number of halogens is 1. The summed E-state index contributed by atoms with van der Waals surface area (Å²) in [4.78, 5) is 25.2. The minimum Gasteiger partial charge on any atom is -0.351 e. The smallest absolute Gasteiger partial charge is 0.253 e. The van der Waals surface area contributed by atoms with Gasteiger partial charge in [0.05, 0.1) is 16.8 Å². The Morgan fingerprint density at radius 2 is 1.78 bits per heavy atom. The number of hydrogen-bond donors (Lipinski definition) is 2. The SMILES string of the molecule is CC(C)C(NC(=O)c1ccccc1Cl)C(=O)NC1CCN(S(C)(=O)=O)CC1. The summed E-state index contributed by atoms with van der Waals surface area (Å²) in [5.41, 5.74) is 0.319. The van der Waals surface area contributed by atoms with Crippen LogP contribution in [0.5, 0.6) is 0 Å². The maximum absolute atomic E-state index is 12.7. The molecule has 0 bridgehead atoms. The number of hydrogen-bond acceptors (Lipinski definition) is 4. The molecule has 1 aromatic carbocycles. The van der Waals surface area contributed by atoms with Gasteiger partial charge in [-0.1, -0.05) is 37.6 Å². The quantitative estimate of drug-likeness (QED) is 0.738. The van der Waals surface area contributed by atoms with Crippen LogP contribution in [0, 0.1) is 5.92 Å². The normalized spacial score (nSPS) is 17.5. The molecule has 2 amide bonds. The van der Waals surface area contributed by atoms with Crippen LogP contribution in [0.1, 0.15) is 37.0 Å². The average molecular weight is 416 g/mol. The highest BCUT2D eigenvalue weighted by Gasteiger charge is 2.30. The first-order valence-corrected chi connectivity index (χ1v) is 11.1. The molecule has 27 heavy (non-hydrogen) atoms. The monoisotopic (exact) mass is 415 g/mol. The third kappa shape index (κ3) is 5.92. The molecule has 1 saturated heterocycles. The molecule has 1 unspecified atom stereocenters. The van der Waals surface area contributed by atoms with E-state index in [9.17, 15) is 18.0 Å². The van der Waals surface area contributed by atoms with Crippen molar-refractivity contribution in [1.29, 1.82) is 0 Å². The van der Waals surface area contributed by atoms with Crippen LogP contribution in [-0.4, -0.2) is 56.0 Å². The summed E-state index contributed by atoms with van der Waals surface area (Å²) in [5, 5.41) is 6.01. The van der Waals surface area contributed by atoms with E-state index in [1.807, 2.05) is 13.8 Å². The Morgan fingerprint density at radius 3 is 2.30 bits per heavy atom. The van der Waals surface area contributed by atoms with Crippen LogP contribution in [0.4, 0.5) is 0 Å². The van der Waals surface area contributed by atoms with Gasteiger partial charge in [0.2, 0.25) is 15.9 Å². The maximum atomic E-state index is 12.7. The zero-order valence-electron chi connectivity index (χ0n) is 15.7. The van der Waals surface area contributed by atoms with Crippen LogP contribution in [0.2, 0.25) is 5.02 Å². The van der Waals surface area contributed by atoms with E-state index in [1.54, 1.807) is 24.3 Å². The minimum atomic E-state index is -3.21. The molecule has 7 nitrogen and oxygen atoms in total. The second kappa shape index (κ2) is 9.03. The third-order valence-corrected chi connectivity index (χ3v) is 6.26. The number of carbonyl (C=O) groups excluding carboxylic acids is 2. The Labute approximate surface area is 165 Å². The lowest BCUT2D eigenvalue weighted by Gasteiger charge is -2.32. The van der Waals surface area contributed by atoms with Crippen LogP contribution in [-0.2, 0) is 14.8 Å². The van der Waals surface area contributed by atoms with E-state index in [0.717, 1.165) is 0 Å². The van der Waals surface area contributed by atoms with Gasteiger partial charge in [0.1, 0.15) is 6.04 Å². The first-order chi connectivity index (χ1) is 12.6. The summed E-state index contributed by atoms with van der Waals surface area (Å²) in [6.07, 6.45) is 2.27. The number of benzene rings is 1. The van der Waals surface area contributed by atoms with E-state index in [0.29, 0.717) is 36.5 Å². The molecular weight excluding hydrogens is 390 g/mol. The fourth-order valence-corrected chi connectivity index (χ4v) is 4.12. The molecule has 2 N–H and O–H groups in total. The van der Waals surface area contributed by atoms with E-state index in [1.165, 1.54) is 10.6 Å². The number of nitrogens with zero attached hydrogens (tertiary/aromatic N) is 1. The molecule has 1 heterocycles. The Bertz CT molecular complexity index is 790. The van der Waals surface area contributed by atoms with Crippen molar-refractivity contribution in [2.75, 3.05) is 19.3 Å². The molecule has 0 aliphatic carbocycles. The number of rotatable bonds is 6. The second-order valence-electron chi connectivity index (χ2n) is 7.12. The third-order valence-electron chi connectivity index (χ3n) is 4.62. The van der Waals surface area contributed by atoms with Crippen molar-refractivity contribution in [3.63, 3.8) is 0 Å². The first kappa shape index (κ1) is 21.7. The number of nitrogens with one attached hydrogen (secondary N) is 2. The average Bonchev–Trinajstić information content (AvgIpc) is 2.59. The van der Waals surface area contributed by atoms with Gasteiger partial charge >= 0.3 is 0 Å². The molecule has 2 rings (SSSR count). The lowest BCUT2D eigenvalue weighted by atomic mass is 10.0. The van der Waals surface area contributed by atoms with Crippen LogP contribution in [0.25, 0.3) is 0 Å². The topological polar surface area (TPSA) is 95.6 Å². The van der Waals surface area contributed by atoms with Gasteiger partial charge in [-0.05, 0) is 30.9 Å². The summed E-state index contributed by atoms with van der Waals surface area (Å²) in [6, 6.07) is 5.84. The van der Waals surface area contributed by atoms with Gasteiger partial charge in [0, 0.05) is 19.1 Å². The fraction of sp³-hybridized carbons (Fsp3) is 0.556. The molecule has 0 radical (unpaired) electrons. The van der Waals surface area contributed by atoms with Gasteiger partial charge in [-0.25, -0.2) is 12.7 Å². The predicted molar refractivity (Wildman–Crippen MR) is 105 cm³/mol. The van der Waals surface area contributed by atoms with Crippen molar-refractivity contribution in [2.45, 2.75) is 38.8 Å². The van der Waals surface area contributed by atoms with Gasteiger partial charge in [-0.15, -0.1) is 0 Å². The van der Waals surface area contributed by atoms with Crippen molar-refractivity contribution < 1.29 is 18.0 Å². The van der Waals surface area contributed by atoms with Crippen LogP contribution in [0.3, 0.4) is 0 Å². The Morgan fingerprint density at radius 1 is 1.19 bits per heavy atom. The highest BCUT2D eigenvalue weighted by atomic mass is 35.5. The van der Waals surface area contributed by atoms with E-state index in [2.05, 4.69) is 10.6 Å². The molecule has 0 aromatic heterocycles. The van der Waals surface area contributed by atoms with E-state index in [4.69, 9.17) is 11.6 Å². The van der Waals surface area contributed by atoms with Crippen molar-refractivity contribution in [2.24, 2.45) is 5.92 Å². The standard InChI is InChI=1S/C18H26ClN3O4S/c1-12(2)16(21-17(23)14-6-4-5-7-15(14)19)18(24)20-13-8-10-22(11-9-13)27(3,25)26/h4-7,12-13,16H,8-11H2,1-3H3,(H,20,24)(H,21,23). The fourth-order valence-electron chi connectivity index (χ4n) is 3.02. The van der Waals surface area contributed by atoms with Crippen molar-refractivity contribution in [3.8, 4) is 0 Å². The van der Waals surface area contributed by atoms with Crippen LogP contribution < -0.4 is 10.6 Å². The minimum absolute atomic E-state index is 0.117. The summed E-state index contributed by atoms with van der Waals surface area (Å²) in [7, 11) is -3.21.